The first-order chi connectivity index (χ1) is 10.3. The number of carbonyl (C=O) groups is 1. The standard InChI is InChI=1S/C12H15N3O6S/c16-12(17)8-13-10-4-3-9(15(18)19)7-11(10)22(20,21)14-5-1-2-6-14/h3-4,7,13H,1-2,5-6,8H2,(H,16,17). The third-order valence-corrected chi connectivity index (χ3v) is 5.23. The minimum absolute atomic E-state index is 0.0416. The molecule has 1 aliphatic rings. The first-order valence-electron chi connectivity index (χ1n) is 6.56. The molecule has 1 heterocycles. The summed E-state index contributed by atoms with van der Waals surface area (Å²) in [6, 6.07) is 3.30. The number of rotatable bonds is 6. The molecule has 1 saturated heterocycles. The number of anilines is 1. The van der Waals surface area contributed by atoms with E-state index in [2.05, 4.69) is 5.32 Å². The average Bonchev–Trinajstić information content (AvgIpc) is 2.99. The summed E-state index contributed by atoms with van der Waals surface area (Å²) >= 11 is 0. The molecule has 22 heavy (non-hydrogen) atoms. The summed E-state index contributed by atoms with van der Waals surface area (Å²) in [5, 5.41) is 22.0. The lowest BCUT2D eigenvalue weighted by atomic mass is 10.3. The predicted molar refractivity (Wildman–Crippen MR) is 77.2 cm³/mol. The molecule has 9 nitrogen and oxygen atoms in total. The molecule has 0 bridgehead atoms. The summed E-state index contributed by atoms with van der Waals surface area (Å²) < 4.78 is 26.4. The molecule has 0 unspecified atom stereocenters. The first kappa shape index (κ1) is 16.2. The monoisotopic (exact) mass is 329 g/mol. The van der Waals surface area contributed by atoms with Crippen LogP contribution in [0, 0.1) is 10.1 Å². The van der Waals surface area contributed by atoms with Crippen LogP contribution < -0.4 is 5.32 Å². The summed E-state index contributed by atoms with van der Waals surface area (Å²) in [7, 11) is -3.90. The Labute approximate surface area is 126 Å². The Morgan fingerprint density at radius 1 is 1.36 bits per heavy atom. The van der Waals surface area contributed by atoms with Crippen LogP contribution in [-0.2, 0) is 14.8 Å². The number of sulfonamides is 1. The van der Waals surface area contributed by atoms with E-state index in [0.717, 1.165) is 25.0 Å². The number of nitrogens with one attached hydrogen (secondary N) is 1. The van der Waals surface area contributed by atoms with E-state index in [9.17, 15) is 23.3 Å². The zero-order chi connectivity index (χ0) is 16.3. The van der Waals surface area contributed by atoms with Gasteiger partial charge in [-0.05, 0) is 18.9 Å². The van der Waals surface area contributed by atoms with Gasteiger partial charge >= 0.3 is 5.97 Å². The van der Waals surface area contributed by atoms with Crippen molar-refractivity contribution in [2.24, 2.45) is 0 Å². The van der Waals surface area contributed by atoms with Crippen LogP contribution in [0.5, 0.6) is 0 Å². The van der Waals surface area contributed by atoms with Crippen molar-refractivity contribution in [3.05, 3.63) is 28.3 Å². The fourth-order valence-corrected chi connectivity index (χ4v) is 3.93. The van der Waals surface area contributed by atoms with E-state index in [1.165, 1.54) is 10.4 Å². The zero-order valence-electron chi connectivity index (χ0n) is 11.6. The normalized spacial score (nSPS) is 15.6. The van der Waals surface area contributed by atoms with E-state index in [-0.39, 0.29) is 16.3 Å². The fourth-order valence-electron chi connectivity index (χ4n) is 2.22. The number of hydrogen-bond acceptors (Lipinski definition) is 6. The molecule has 0 aliphatic carbocycles. The van der Waals surface area contributed by atoms with Gasteiger partial charge < -0.3 is 10.4 Å². The summed E-state index contributed by atoms with van der Waals surface area (Å²) in [5.41, 5.74) is -0.321. The van der Waals surface area contributed by atoms with Crippen LogP contribution in [0.3, 0.4) is 0 Å². The van der Waals surface area contributed by atoms with Gasteiger partial charge in [-0.3, -0.25) is 14.9 Å². The molecule has 1 aromatic carbocycles. The number of carboxylic acids is 1. The largest absolute Gasteiger partial charge is 0.480 e. The van der Waals surface area contributed by atoms with Crippen LogP contribution in [0.4, 0.5) is 11.4 Å². The van der Waals surface area contributed by atoms with Gasteiger partial charge in [-0.25, -0.2) is 8.42 Å². The quantitative estimate of drug-likeness (QED) is 0.585. The SMILES string of the molecule is O=C(O)CNc1ccc([N+](=O)[O-])cc1S(=O)(=O)N1CCCC1. The molecule has 0 spiro atoms. The van der Waals surface area contributed by atoms with Gasteiger partial charge in [0.2, 0.25) is 10.0 Å². The molecule has 0 saturated carbocycles. The van der Waals surface area contributed by atoms with Crippen LogP contribution >= 0.6 is 0 Å². The third kappa shape index (κ3) is 3.34. The molecule has 0 radical (unpaired) electrons. The molecule has 2 N–H and O–H groups in total. The number of benzene rings is 1. The van der Waals surface area contributed by atoms with E-state index in [1.807, 2.05) is 0 Å². The minimum atomic E-state index is -3.90. The Morgan fingerprint density at radius 3 is 2.55 bits per heavy atom. The lowest BCUT2D eigenvalue weighted by molar-refractivity contribution is -0.385. The summed E-state index contributed by atoms with van der Waals surface area (Å²) in [6.07, 6.45) is 1.46. The van der Waals surface area contributed by atoms with Crippen molar-refractivity contribution in [3.8, 4) is 0 Å². The summed E-state index contributed by atoms with van der Waals surface area (Å²) in [5.74, 6) is -1.16. The number of nitro groups is 1. The molecule has 1 aliphatic heterocycles. The van der Waals surface area contributed by atoms with Crippen LogP contribution in [0.1, 0.15) is 12.8 Å². The van der Waals surface area contributed by atoms with Crippen molar-refractivity contribution in [2.45, 2.75) is 17.7 Å². The molecule has 1 fully saturated rings. The van der Waals surface area contributed by atoms with Gasteiger partial charge in [0, 0.05) is 25.2 Å². The van der Waals surface area contributed by atoms with Crippen LogP contribution in [-0.4, -0.2) is 48.4 Å². The van der Waals surface area contributed by atoms with E-state index in [1.54, 1.807) is 0 Å². The molecular weight excluding hydrogens is 314 g/mol. The van der Waals surface area contributed by atoms with Crippen molar-refractivity contribution in [1.82, 2.24) is 4.31 Å². The Balaban J connectivity index is 2.46. The smallest absolute Gasteiger partial charge is 0.322 e. The van der Waals surface area contributed by atoms with E-state index < -0.39 is 27.5 Å². The Morgan fingerprint density at radius 2 is 2.00 bits per heavy atom. The molecule has 0 amide bonds. The van der Waals surface area contributed by atoms with E-state index >= 15 is 0 Å². The van der Waals surface area contributed by atoms with Gasteiger partial charge in [-0.15, -0.1) is 0 Å². The topological polar surface area (TPSA) is 130 Å². The highest BCUT2D eigenvalue weighted by molar-refractivity contribution is 7.89. The van der Waals surface area contributed by atoms with Crippen molar-refractivity contribution < 1.29 is 23.2 Å². The highest BCUT2D eigenvalue weighted by atomic mass is 32.2. The molecular formula is C12H15N3O6S. The van der Waals surface area contributed by atoms with E-state index in [0.29, 0.717) is 13.1 Å². The molecule has 1 aromatic rings. The van der Waals surface area contributed by atoms with Crippen molar-refractivity contribution in [3.63, 3.8) is 0 Å². The maximum absolute atomic E-state index is 12.6. The van der Waals surface area contributed by atoms with Gasteiger partial charge in [0.1, 0.15) is 11.4 Å². The van der Waals surface area contributed by atoms with Crippen molar-refractivity contribution in [1.29, 1.82) is 0 Å². The zero-order valence-corrected chi connectivity index (χ0v) is 12.4. The number of hydrogen-bond donors (Lipinski definition) is 2. The molecule has 0 atom stereocenters. The van der Waals surface area contributed by atoms with Crippen molar-refractivity contribution in [2.75, 3.05) is 25.0 Å². The van der Waals surface area contributed by atoms with Gasteiger partial charge in [-0.1, -0.05) is 0 Å². The maximum atomic E-state index is 12.6. The molecule has 120 valence electrons. The van der Waals surface area contributed by atoms with Gasteiger partial charge in [0.25, 0.3) is 5.69 Å². The number of aliphatic carboxylic acids is 1. The highest BCUT2D eigenvalue weighted by Gasteiger charge is 2.31. The Bertz CT molecular complexity index is 697. The number of nitrogens with zero attached hydrogens (tertiary/aromatic N) is 2. The summed E-state index contributed by atoms with van der Waals surface area (Å²) in [4.78, 5) is 20.5. The minimum Gasteiger partial charge on any atom is -0.480 e. The molecule has 0 aromatic heterocycles. The van der Waals surface area contributed by atoms with Crippen LogP contribution in [0.15, 0.2) is 23.1 Å². The van der Waals surface area contributed by atoms with Gasteiger partial charge in [0.05, 0.1) is 10.6 Å². The first-order valence-corrected chi connectivity index (χ1v) is 8.00. The van der Waals surface area contributed by atoms with Crippen LogP contribution in [0.2, 0.25) is 0 Å². The number of nitro benzene ring substituents is 1. The highest BCUT2D eigenvalue weighted by Crippen LogP contribution is 2.30. The number of non-ortho nitro benzene ring substituents is 1. The third-order valence-electron chi connectivity index (χ3n) is 3.29. The van der Waals surface area contributed by atoms with Gasteiger partial charge in [-0.2, -0.15) is 4.31 Å². The second kappa shape index (κ2) is 6.28. The maximum Gasteiger partial charge on any atom is 0.322 e. The van der Waals surface area contributed by atoms with E-state index in [4.69, 9.17) is 5.11 Å². The predicted octanol–water partition coefficient (Wildman–Crippen LogP) is 0.876. The average molecular weight is 329 g/mol. The Hall–Kier alpha value is -2.20. The fraction of sp³-hybridized carbons (Fsp3) is 0.417. The lowest BCUT2D eigenvalue weighted by Crippen LogP contribution is -2.29. The van der Waals surface area contributed by atoms with Crippen LogP contribution in [0.25, 0.3) is 0 Å². The molecule has 2 rings (SSSR count). The Kier molecular flexibility index (Phi) is 4.62. The second-order valence-electron chi connectivity index (χ2n) is 4.80. The second-order valence-corrected chi connectivity index (χ2v) is 6.70. The lowest BCUT2D eigenvalue weighted by Gasteiger charge is -2.18. The number of carboxylic acid groups (broad SMARTS) is 1. The van der Waals surface area contributed by atoms with Gasteiger partial charge in [0.15, 0.2) is 0 Å². The molecule has 10 heteroatoms. The summed E-state index contributed by atoms with van der Waals surface area (Å²) in [6.45, 7) is 0.215. The van der Waals surface area contributed by atoms with Crippen molar-refractivity contribution >= 4 is 27.4 Å².